The van der Waals surface area contributed by atoms with Gasteiger partial charge in [0.05, 0.1) is 6.42 Å². The van der Waals surface area contributed by atoms with E-state index in [1.807, 2.05) is 7.05 Å². The summed E-state index contributed by atoms with van der Waals surface area (Å²) in [5, 5.41) is 8.57. The molecule has 6 heteroatoms. The fraction of sp³-hybridized carbons (Fsp3) is 0.818. The number of amides is 2. The summed E-state index contributed by atoms with van der Waals surface area (Å²) in [7, 11) is 3.69. The molecule has 0 saturated carbocycles. The van der Waals surface area contributed by atoms with Gasteiger partial charge in [0.15, 0.2) is 0 Å². The summed E-state index contributed by atoms with van der Waals surface area (Å²) in [5.41, 5.74) is 0. The van der Waals surface area contributed by atoms with E-state index in [1.54, 1.807) is 11.9 Å². The zero-order chi connectivity index (χ0) is 13.0. The summed E-state index contributed by atoms with van der Waals surface area (Å²) < 4.78 is 0. The van der Waals surface area contributed by atoms with E-state index in [9.17, 15) is 9.59 Å². The predicted octanol–water partition coefficient (Wildman–Crippen LogP) is 0.149. The van der Waals surface area contributed by atoms with Crippen molar-refractivity contribution in [3.63, 3.8) is 0 Å². The van der Waals surface area contributed by atoms with Crippen molar-refractivity contribution in [1.82, 2.24) is 14.7 Å². The minimum atomic E-state index is -0.878. The number of aliphatic carboxylic acids is 1. The highest BCUT2D eigenvalue weighted by Gasteiger charge is 2.26. The van der Waals surface area contributed by atoms with Gasteiger partial charge in [-0.15, -0.1) is 0 Å². The number of carbonyl (C=O) groups is 2. The van der Waals surface area contributed by atoms with Crippen molar-refractivity contribution in [3.05, 3.63) is 0 Å². The van der Waals surface area contributed by atoms with Crippen molar-refractivity contribution in [2.24, 2.45) is 0 Å². The molecule has 1 unspecified atom stereocenters. The fourth-order valence-corrected chi connectivity index (χ4v) is 1.82. The lowest BCUT2D eigenvalue weighted by Crippen LogP contribution is -2.54. The topological polar surface area (TPSA) is 64.1 Å². The van der Waals surface area contributed by atoms with E-state index in [-0.39, 0.29) is 19.0 Å². The summed E-state index contributed by atoms with van der Waals surface area (Å²) in [6.07, 6.45) is -0.00840. The standard InChI is InChI=1S/C11H21N3O3/c1-9-8-14(7-6-12(9)2)11(17)13(3)5-4-10(15)16/h9H,4-8H2,1-3H3,(H,15,16). The summed E-state index contributed by atoms with van der Waals surface area (Å²) in [6, 6.07) is 0.270. The Labute approximate surface area is 102 Å². The summed E-state index contributed by atoms with van der Waals surface area (Å²) >= 11 is 0. The molecule has 1 heterocycles. The number of likely N-dealkylation sites (N-methyl/N-ethyl adjacent to an activating group) is 1. The number of urea groups is 1. The van der Waals surface area contributed by atoms with Gasteiger partial charge in [-0.1, -0.05) is 0 Å². The normalized spacial score (nSPS) is 21.4. The number of nitrogens with zero attached hydrogens (tertiary/aromatic N) is 3. The molecule has 0 aromatic carbocycles. The second-order valence-corrected chi connectivity index (χ2v) is 4.62. The number of hydrogen-bond acceptors (Lipinski definition) is 3. The Morgan fingerprint density at radius 2 is 2.06 bits per heavy atom. The zero-order valence-corrected chi connectivity index (χ0v) is 10.7. The Morgan fingerprint density at radius 3 is 2.59 bits per heavy atom. The van der Waals surface area contributed by atoms with Crippen molar-refractivity contribution in [2.45, 2.75) is 19.4 Å². The number of piperazine rings is 1. The van der Waals surface area contributed by atoms with Crippen LogP contribution in [0.4, 0.5) is 4.79 Å². The van der Waals surface area contributed by atoms with Crippen LogP contribution in [-0.4, -0.2) is 78.1 Å². The van der Waals surface area contributed by atoms with E-state index in [0.717, 1.165) is 6.54 Å². The van der Waals surface area contributed by atoms with Crippen molar-refractivity contribution in [1.29, 1.82) is 0 Å². The van der Waals surface area contributed by atoms with Crippen LogP contribution in [0.3, 0.4) is 0 Å². The molecule has 1 aliphatic heterocycles. The van der Waals surface area contributed by atoms with E-state index in [2.05, 4.69) is 11.8 Å². The van der Waals surface area contributed by atoms with Gasteiger partial charge in [-0.2, -0.15) is 0 Å². The van der Waals surface area contributed by atoms with Gasteiger partial charge < -0.3 is 19.8 Å². The summed E-state index contributed by atoms with van der Waals surface area (Å²) in [5.74, 6) is -0.878. The maximum atomic E-state index is 12.0. The average molecular weight is 243 g/mol. The van der Waals surface area contributed by atoms with Crippen LogP contribution in [0.15, 0.2) is 0 Å². The second-order valence-electron chi connectivity index (χ2n) is 4.62. The van der Waals surface area contributed by atoms with Crippen molar-refractivity contribution in [3.8, 4) is 0 Å². The molecule has 0 radical (unpaired) electrons. The molecular weight excluding hydrogens is 222 g/mol. The van der Waals surface area contributed by atoms with E-state index < -0.39 is 5.97 Å². The molecular formula is C11H21N3O3. The molecule has 0 aromatic rings. The quantitative estimate of drug-likeness (QED) is 0.766. The van der Waals surface area contributed by atoms with Crippen molar-refractivity contribution < 1.29 is 14.7 Å². The van der Waals surface area contributed by atoms with Gasteiger partial charge in [-0.25, -0.2) is 4.79 Å². The number of rotatable bonds is 3. The van der Waals surface area contributed by atoms with E-state index >= 15 is 0 Å². The maximum Gasteiger partial charge on any atom is 0.319 e. The molecule has 0 aliphatic carbocycles. The molecule has 0 bridgehead atoms. The van der Waals surface area contributed by atoms with Gasteiger partial charge in [0.2, 0.25) is 0 Å². The smallest absolute Gasteiger partial charge is 0.319 e. The van der Waals surface area contributed by atoms with Gasteiger partial charge in [0.25, 0.3) is 0 Å². The van der Waals surface area contributed by atoms with Gasteiger partial charge in [-0.3, -0.25) is 4.79 Å². The minimum absolute atomic E-state index is 0.00840. The van der Waals surface area contributed by atoms with Gasteiger partial charge >= 0.3 is 12.0 Å². The van der Waals surface area contributed by atoms with Crippen LogP contribution in [0.5, 0.6) is 0 Å². The van der Waals surface area contributed by atoms with Crippen LogP contribution in [0.25, 0.3) is 0 Å². The van der Waals surface area contributed by atoms with Crippen LogP contribution in [0.1, 0.15) is 13.3 Å². The Hall–Kier alpha value is -1.30. The van der Waals surface area contributed by atoms with Crippen LogP contribution < -0.4 is 0 Å². The van der Waals surface area contributed by atoms with E-state index in [4.69, 9.17) is 5.11 Å². The van der Waals surface area contributed by atoms with Gasteiger partial charge in [0.1, 0.15) is 0 Å². The molecule has 1 atom stereocenters. The molecule has 98 valence electrons. The molecule has 1 aliphatic rings. The first-order valence-electron chi connectivity index (χ1n) is 5.84. The highest BCUT2D eigenvalue weighted by molar-refractivity contribution is 5.75. The van der Waals surface area contributed by atoms with Crippen molar-refractivity contribution in [2.75, 3.05) is 40.3 Å². The predicted molar refractivity (Wildman–Crippen MR) is 63.9 cm³/mol. The molecule has 6 nitrogen and oxygen atoms in total. The van der Waals surface area contributed by atoms with E-state index in [0.29, 0.717) is 19.1 Å². The Kier molecular flexibility index (Phi) is 4.74. The molecule has 1 fully saturated rings. The third-order valence-electron chi connectivity index (χ3n) is 3.22. The zero-order valence-electron chi connectivity index (χ0n) is 10.7. The molecule has 0 aromatic heterocycles. The average Bonchev–Trinajstić information content (AvgIpc) is 2.28. The van der Waals surface area contributed by atoms with Crippen LogP contribution in [-0.2, 0) is 4.79 Å². The number of hydrogen-bond donors (Lipinski definition) is 1. The number of carboxylic acid groups (broad SMARTS) is 1. The molecule has 0 spiro atoms. The minimum Gasteiger partial charge on any atom is -0.481 e. The SMILES string of the molecule is CC1CN(C(=O)N(C)CCC(=O)O)CCN1C. The van der Waals surface area contributed by atoms with Crippen LogP contribution in [0.2, 0.25) is 0 Å². The molecule has 1 N–H and O–H groups in total. The molecule has 17 heavy (non-hydrogen) atoms. The number of carbonyl (C=O) groups excluding carboxylic acids is 1. The first kappa shape index (κ1) is 13.8. The van der Waals surface area contributed by atoms with Gasteiger partial charge in [0, 0.05) is 39.3 Å². The van der Waals surface area contributed by atoms with Crippen molar-refractivity contribution >= 4 is 12.0 Å². The number of carboxylic acids is 1. The first-order chi connectivity index (χ1) is 7.91. The highest BCUT2D eigenvalue weighted by atomic mass is 16.4. The van der Waals surface area contributed by atoms with Gasteiger partial charge in [-0.05, 0) is 14.0 Å². The Morgan fingerprint density at radius 1 is 1.41 bits per heavy atom. The summed E-state index contributed by atoms with van der Waals surface area (Å²) in [6.45, 7) is 4.61. The highest BCUT2D eigenvalue weighted by Crippen LogP contribution is 2.09. The van der Waals surface area contributed by atoms with Crippen LogP contribution >= 0.6 is 0 Å². The molecule has 1 saturated heterocycles. The lowest BCUT2D eigenvalue weighted by molar-refractivity contribution is -0.137. The fourth-order valence-electron chi connectivity index (χ4n) is 1.82. The Balaban J connectivity index is 2.44. The van der Waals surface area contributed by atoms with E-state index in [1.165, 1.54) is 4.90 Å². The largest absolute Gasteiger partial charge is 0.481 e. The molecule has 2 amide bonds. The maximum absolute atomic E-state index is 12.0. The lowest BCUT2D eigenvalue weighted by atomic mass is 10.2. The van der Waals surface area contributed by atoms with Crippen LogP contribution in [0, 0.1) is 0 Å². The Bertz CT molecular complexity index is 296. The molecule has 1 rings (SSSR count). The monoisotopic (exact) mass is 243 g/mol. The third kappa shape index (κ3) is 3.89. The first-order valence-corrected chi connectivity index (χ1v) is 5.84. The third-order valence-corrected chi connectivity index (χ3v) is 3.22. The summed E-state index contributed by atoms with van der Waals surface area (Å²) in [4.78, 5) is 27.9. The lowest BCUT2D eigenvalue weighted by Gasteiger charge is -2.39. The second kappa shape index (κ2) is 5.86.